The van der Waals surface area contributed by atoms with Gasteiger partial charge in [-0.15, -0.1) is 0 Å². The molecule has 7 nitrogen and oxygen atoms in total. The Morgan fingerprint density at radius 1 is 1.55 bits per heavy atom. The minimum atomic E-state index is -0.234. The molecule has 2 heterocycles. The second-order valence-corrected chi connectivity index (χ2v) is 4.80. The molecule has 7 heteroatoms. The third kappa shape index (κ3) is 2.81. The number of aromatic amines is 1. The Balaban J connectivity index is 2.10. The summed E-state index contributed by atoms with van der Waals surface area (Å²) < 4.78 is 4.98. The molecule has 0 aromatic carbocycles. The number of carbonyl (C=O) groups excluding carboxylic acids is 1. The summed E-state index contributed by atoms with van der Waals surface area (Å²) in [4.78, 5) is 13.8. The number of aryl methyl sites for hydroxylation is 2. The number of hydrogen-bond donors (Lipinski definition) is 2. The highest BCUT2D eigenvalue weighted by Crippen LogP contribution is 2.17. The van der Waals surface area contributed by atoms with E-state index in [0.717, 1.165) is 18.5 Å². The van der Waals surface area contributed by atoms with E-state index in [2.05, 4.69) is 15.4 Å². The number of hydrogen-bond acceptors (Lipinski definition) is 5. The van der Waals surface area contributed by atoms with Gasteiger partial charge in [0.05, 0.1) is 17.9 Å². The first-order valence-corrected chi connectivity index (χ1v) is 6.53. The molecule has 20 heavy (non-hydrogen) atoms. The summed E-state index contributed by atoms with van der Waals surface area (Å²) in [5.74, 6) is 0.479. The van der Waals surface area contributed by atoms with Crippen molar-refractivity contribution in [2.75, 3.05) is 12.8 Å². The maximum absolute atomic E-state index is 12.3. The number of nitrogens with zero attached hydrogens (tertiary/aromatic N) is 3. The molecule has 0 radical (unpaired) electrons. The fourth-order valence-corrected chi connectivity index (χ4v) is 1.98. The number of rotatable bonds is 5. The predicted molar refractivity (Wildman–Crippen MR) is 74.0 cm³/mol. The van der Waals surface area contributed by atoms with Crippen molar-refractivity contribution in [1.82, 2.24) is 20.3 Å². The first kappa shape index (κ1) is 14.1. The first-order chi connectivity index (χ1) is 9.52. The molecule has 0 fully saturated rings. The van der Waals surface area contributed by atoms with Crippen LogP contribution in [0.15, 0.2) is 10.6 Å². The normalized spacial score (nSPS) is 10.8. The molecule has 0 aliphatic rings. The standard InChI is InChI=1S/C13H19N5O2/c1-4-5-10-11(14)12(16-15-10)13(19)18(3)7-9-6-8(2)20-17-9/h6H,4-5,7,14H2,1-3H3,(H,15,16). The molecule has 0 aliphatic carbocycles. The van der Waals surface area contributed by atoms with Gasteiger partial charge in [0.25, 0.3) is 5.91 Å². The van der Waals surface area contributed by atoms with Crippen LogP contribution in [0.5, 0.6) is 0 Å². The van der Waals surface area contributed by atoms with Crippen molar-refractivity contribution in [3.63, 3.8) is 0 Å². The smallest absolute Gasteiger partial charge is 0.276 e. The monoisotopic (exact) mass is 277 g/mol. The molecule has 108 valence electrons. The number of H-pyrrole nitrogens is 1. The Labute approximate surface area is 117 Å². The number of anilines is 1. The Kier molecular flexibility index (Phi) is 4.07. The van der Waals surface area contributed by atoms with Gasteiger partial charge < -0.3 is 15.2 Å². The maximum atomic E-state index is 12.3. The fourth-order valence-electron chi connectivity index (χ4n) is 1.98. The highest BCUT2D eigenvalue weighted by molar-refractivity contribution is 5.97. The van der Waals surface area contributed by atoms with Crippen molar-refractivity contribution in [2.45, 2.75) is 33.2 Å². The van der Waals surface area contributed by atoms with Gasteiger partial charge in [0, 0.05) is 13.1 Å². The Hall–Kier alpha value is -2.31. The molecule has 0 unspecified atom stereocenters. The molecular formula is C13H19N5O2. The zero-order valence-electron chi connectivity index (χ0n) is 11.9. The summed E-state index contributed by atoms with van der Waals surface area (Å²) in [6.45, 7) is 4.20. The molecule has 0 saturated carbocycles. The van der Waals surface area contributed by atoms with Crippen LogP contribution >= 0.6 is 0 Å². The van der Waals surface area contributed by atoms with E-state index < -0.39 is 0 Å². The van der Waals surface area contributed by atoms with E-state index in [1.54, 1.807) is 20.0 Å². The summed E-state index contributed by atoms with van der Waals surface area (Å²) in [5.41, 5.74) is 8.14. The SMILES string of the molecule is CCCc1[nH]nc(C(=O)N(C)Cc2cc(C)on2)c1N. The van der Waals surface area contributed by atoms with E-state index in [1.807, 2.05) is 6.92 Å². The van der Waals surface area contributed by atoms with Crippen LogP contribution in [0.2, 0.25) is 0 Å². The quantitative estimate of drug-likeness (QED) is 0.862. The third-order valence-electron chi connectivity index (χ3n) is 3.01. The zero-order valence-corrected chi connectivity index (χ0v) is 11.9. The Morgan fingerprint density at radius 3 is 2.90 bits per heavy atom. The van der Waals surface area contributed by atoms with Crippen molar-refractivity contribution in [3.05, 3.63) is 28.9 Å². The van der Waals surface area contributed by atoms with E-state index in [9.17, 15) is 4.79 Å². The summed E-state index contributed by atoms with van der Waals surface area (Å²) in [6, 6.07) is 1.79. The van der Waals surface area contributed by atoms with Gasteiger partial charge in [-0.3, -0.25) is 9.89 Å². The van der Waals surface area contributed by atoms with E-state index in [1.165, 1.54) is 4.90 Å². The summed E-state index contributed by atoms with van der Waals surface area (Å²) in [7, 11) is 1.68. The average Bonchev–Trinajstić information content (AvgIpc) is 2.97. The van der Waals surface area contributed by atoms with Gasteiger partial charge in [0.1, 0.15) is 11.5 Å². The average molecular weight is 277 g/mol. The van der Waals surface area contributed by atoms with Crippen molar-refractivity contribution in [3.8, 4) is 0 Å². The molecular weight excluding hydrogens is 258 g/mol. The molecule has 1 amide bonds. The van der Waals surface area contributed by atoms with Crippen LogP contribution in [-0.4, -0.2) is 33.2 Å². The highest BCUT2D eigenvalue weighted by Gasteiger charge is 2.21. The van der Waals surface area contributed by atoms with Crippen LogP contribution in [0.4, 0.5) is 5.69 Å². The highest BCUT2D eigenvalue weighted by atomic mass is 16.5. The van der Waals surface area contributed by atoms with Gasteiger partial charge in [0.2, 0.25) is 0 Å². The largest absolute Gasteiger partial charge is 0.395 e. The third-order valence-corrected chi connectivity index (χ3v) is 3.01. The number of nitrogen functional groups attached to an aromatic ring is 1. The Bertz CT molecular complexity index is 602. The number of carbonyl (C=O) groups is 1. The van der Waals surface area contributed by atoms with Crippen molar-refractivity contribution in [2.24, 2.45) is 0 Å². The minimum absolute atomic E-state index is 0.234. The van der Waals surface area contributed by atoms with Gasteiger partial charge in [-0.25, -0.2) is 0 Å². The lowest BCUT2D eigenvalue weighted by Gasteiger charge is -2.14. The molecule has 2 rings (SSSR count). The lowest BCUT2D eigenvalue weighted by Crippen LogP contribution is -2.27. The molecule has 3 N–H and O–H groups in total. The molecule has 2 aromatic heterocycles. The van der Waals surface area contributed by atoms with Crippen LogP contribution in [0.1, 0.15) is 41.0 Å². The molecule has 0 spiro atoms. The van der Waals surface area contributed by atoms with Gasteiger partial charge in [-0.1, -0.05) is 18.5 Å². The van der Waals surface area contributed by atoms with E-state index in [-0.39, 0.29) is 11.6 Å². The Morgan fingerprint density at radius 2 is 2.30 bits per heavy atom. The molecule has 0 aliphatic heterocycles. The van der Waals surface area contributed by atoms with E-state index in [0.29, 0.717) is 23.7 Å². The van der Waals surface area contributed by atoms with Gasteiger partial charge >= 0.3 is 0 Å². The number of amides is 1. The van der Waals surface area contributed by atoms with Crippen LogP contribution in [-0.2, 0) is 13.0 Å². The van der Waals surface area contributed by atoms with Gasteiger partial charge in [-0.05, 0) is 13.3 Å². The number of nitrogens with one attached hydrogen (secondary N) is 1. The van der Waals surface area contributed by atoms with Crippen LogP contribution in [0, 0.1) is 6.92 Å². The first-order valence-electron chi connectivity index (χ1n) is 6.53. The van der Waals surface area contributed by atoms with E-state index >= 15 is 0 Å². The lowest BCUT2D eigenvalue weighted by molar-refractivity contribution is 0.0777. The summed E-state index contributed by atoms with van der Waals surface area (Å²) in [6.07, 6.45) is 1.71. The van der Waals surface area contributed by atoms with Crippen molar-refractivity contribution in [1.29, 1.82) is 0 Å². The minimum Gasteiger partial charge on any atom is -0.395 e. The van der Waals surface area contributed by atoms with Crippen LogP contribution in [0.25, 0.3) is 0 Å². The molecule has 0 bridgehead atoms. The predicted octanol–water partition coefficient (Wildman–Crippen LogP) is 1.51. The fraction of sp³-hybridized carbons (Fsp3) is 0.462. The summed E-state index contributed by atoms with van der Waals surface area (Å²) in [5, 5.41) is 10.7. The van der Waals surface area contributed by atoms with Crippen molar-refractivity contribution < 1.29 is 9.32 Å². The zero-order chi connectivity index (χ0) is 14.7. The lowest BCUT2D eigenvalue weighted by atomic mass is 10.2. The van der Waals surface area contributed by atoms with E-state index in [4.69, 9.17) is 10.3 Å². The topological polar surface area (TPSA) is 101 Å². The molecule has 0 saturated heterocycles. The van der Waals surface area contributed by atoms with Crippen LogP contribution in [0.3, 0.4) is 0 Å². The van der Waals surface area contributed by atoms with Crippen molar-refractivity contribution >= 4 is 11.6 Å². The summed E-state index contributed by atoms with van der Waals surface area (Å²) >= 11 is 0. The number of aromatic nitrogens is 3. The van der Waals surface area contributed by atoms with Gasteiger partial charge in [0.15, 0.2) is 5.69 Å². The second-order valence-electron chi connectivity index (χ2n) is 4.80. The maximum Gasteiger partial charge on any atom is 0.276 e. The molecule has 0 atom stereocenters. The molecule has 2 aromatic rings. The number of nitrogens with two attached hydrogens (primary N) is 1. The van der Waals surface area contributed by atoms with Crippen LogP contribution < -0.4 is 5.73 Å². The second kappa shape index (κ2) is 5.77. The van der Waals surface area contributed by atoms with Gasteiger partial charge in [-0.2, -0.15) is 5.10 Å².